The average Bonchev–Trinajstić information content (AvgIpc) is 2.58. The largest absolute Gasteiger partial charge is 0.334 e. The van der Waals surface area contributed by atoms with Gasteiger partial charge in [0, 0.05) is 11.6 Å². The van der Waals surface area contributed by atoms with Crippen molar-refractivity contribution in [2.24, 2.45) is 0 Å². The molecule has 0 aliphatic rings. The fourth-order valence-corrected chi connectivity index (χ4v) is 3.86. The first-order valence-corrected chi connectivity index (χ1v) is 8.40. The number of benzene rings is 2. The lowest BCUT2D eigenvalue weighted by atomic mass is 10.2. The standard InChI is InChI=1S/C18H13NO3S/c1-2-12-19-13-17(18(20)15-10-6-7-11-16(15)19)23(21,22)14-8-4-3-5-9-14/h1,3-11,13H,12H2. The predicted molar refractivity (Wildman–Crippen MR) is 88.9 cm³/mol. The zero-order valence-corrected chi connectivity index (χ0v) is 13.0. The normalized spacial score (nSPS) is 11.3. The Morgan fingerprint density at radius 3 is 2.35 bits per heavy atom. The van der Waals surface area contributed by atoms with Gasteiger partial charge in [-0.2, -0.15) is 0 Å². The Labute approximate surface area is 133 Å². The fraction of sp³-hybridized carbons (Fsp3) is 0.0556. The molecular formula is C18H13NO3S. The molecule has 3 aromatic rings. The van der Waals surface area contributed by atoms with E-state index in [9.17, 15) is 13.2 Å². The maximum absolute atomic E-state index is 12.8. The molecule has 0 radical (unpaired) electrons. The third kappa shape index (κ3) is 2.54. The molecule has 114 valence electrons. The van der Waals surface area contributed by atoms with E-state index in [1.54, 1.807) is 47.0 Å². The van der Waals surface area contributed by atoms with Crippen molar-refractivity contribution in [3.63, 3.8) is 0 Å². The van der Waals surface area contributed by atoms with Crippen molar-refractivity contribution in [1.29, 1.82) is 0 Å². The summed E-state index contributed by atoms with van der Waals surface area (Å²) in [5.41, 5.74) is 0.0974. The number of terminal acetylenes is 1. The van der Waals surface area contributed by atoms with Crippen molar-refractivity contribution >= 4 is 20.7 Å². The summed E-state index contributed by atoms with van der Waals surface area (Å²) in [6.45, 7) is 0.179. The van der Waals surface area contributed by atoms with Crippen LogP contribution in [-0.2, 0) is 16.4 Å². The molecule has 0 atom stereocenters. The van der Waals surface area contributed by atoms with Crippen LogP contribution in [0.2, 0.25) is 0 Å². The number of hydrogen-bond acceptors (Lipinski definition) is 3. The van der Waals surface area contributed by atoms with Crippen LogP contribution in [0.5, 0.6) is 0 Å². The molecule has 0 saturated heterocycles. The smallest absolute Gasteiger partial charge is 0.211 e. The molecule has 0 saturated carbocycles. The lowest BCUT2D eigenvalue weighted by molar-refractivity contribution is 0.594. The summed E-state index contributed by atoms with van der Waals surface area (Å²) in [5.74, 6) is 2.48. The van der Waals surface area contributed by atoms with Crippen LogP contribution in [0.4, 0.5) is 0 Å². The van der Waals surface area contributed by atoms with Crippen LogP contribution < -0.4 is 5.43 Å². The van der Waals surface area contributed by atoms with Crippen molar-refractivity contribution < 1.29 is 8.42 Å². The summed E-state index contributed by atoms with van der Waals surface area (Å²) in [7, 11) is -3.90. The number of hydrogen-bond donors (Lipinski definition) is 0. The molecule has 4 nitrogen and oxygen atoms in total. The van der Waals surface area contributed by atoms with E-state index in [2.05, 4.69) is 5.92 Å². The third-order valence-electron chi connectivity index (χ3n) is 3.56. The van der Waals surface area contributed by atoms with Crippen LogP contribution in [-0.4, -0.2) is 13.0 Å². The number of fused-ring (bicyclic) bond motifs is 1. The molecule has 1 heterocycles. The fourth-order valence-electron chi connectivity index (χ4n) is 2.47. The summed E-state index contributed by atoms with van der Waals surface area (Å²) in [6.07, 6.45) is 6.69. The van der Waals surface area contributed by atoms with E-state index in [-0.39, 0.29) is 16.3 Å². The highest BCUT2D eigenvalue weighted by atomic mass is 32.2. The summed E-state index contributed by atoms with van der Waals surface area (Å²) in [4.78, 5) is 12.5. The maximum Gasteiger partial charge on any atom is 0.211 e. The van der Waals surface area contributed by atoms with Gasteiger partial charge in [0.15, 0.2) is 0 Å². The van der Waals surface area contributed by atoms with Gasteiger partial charge in [0.05, 0.1) is 17.0 Å². The first-order valence-electron chi connectivity index (χ1n) is 6.91. The third-order valence-corrected chi connectivity index (χ3v) is 5.32. The quantitative estimate of drug-likeness (QED) is 0.696. The molecule has 0 N–H and O–H groups in total. The second-order valence-corrected chi connectivity index (χ2v) is 6.91. The first-order chi connectivity index (χ1) is 11.1. The lowest BCUT2D eigenvalue weighted by Crippen LogP contribution is -2.19. The van der Waals surface area contributed by atoms with E-state index < -0.39 is 15.3 Å². The van der Waals surface area contributed by atoms with Gasteiger partial charge in [0.2, 0.25) is 15.3 Å². The van der Waals surface area contributed by atoms with Crippen LogP contribution in [0.25, 0.3) is 10.9 Å². The predicted octanol–water partition coefficient (Wildman–Crippen LogP) is 2.47. The summed E-state index contributed by atoms with van der Waals surface area (Å²) in [6, 6.07) is 14.7. The number of para-hydroxylation sites is 1. The van der Waals surface area contributed by atoms with E-state index in [1.807, 2.05) is 0 Å². The Balaban J connectivity index is 2.37. The number of rotatable bonds is 3. The lowest BCUT2D eigenvalue weighted by Gasteiger charge is -2.11. The Morgan fingerprint density at radius 1 is 1.00 bits per heavy atom. The Hall–Kier alpha value is -2.84. The minimum absolute atomic E-state index is 0.0830. The molecule has 0 amide bonds. The topological polar surface area (TPSA) is 56.1 Å². The highest BCUT2D eigenvalue weighted by molar-refractivity contribution is 7.91. The number of pyridine rings is 1. The van der Waals surface area contributed by atoms with E-state index in [0.29, 0.717) is 10.9 Å². The summed E-state index contributed by atoms with van der Waals surface area (Å²) >= 11 is 0. The molecule has 5 heteroatoms. The van der Waals surface area contributed by atoms with Gasteiger partial charge in [-0.25, -0.2) is 8.42 Å². The van der Waals surface area contributed by atoms with Crippen LogP contribution in [0, 0.1) is 12.3 Å². The van der Waals surface area contributed by atoms with Gasteiger partial charge in [-0.3, -0.25) is 4.79 Å². The molecule has 0 fully saturated rings. The van der Waals surface area contributed by atoms with Crippen molar-refractivity contribution in [1.82, 2.24) is 4.57 Å². The van der Waals surface area contributed by atoms with Crippen LogP contribution in [0.1, 0.15) is 0 Å². The van der Waals surface area contributed by atoms with Gasteiger partial charge < -0.3 is 4.57 Å². The Kier molecular flexibility index (Phi) is 3.77. The SMILES string of the molecule is C#CCn1cc(S(=O)(=O)c2ccccc2)c(=O)c2ccccc21. The summed E-state index contributed by atoms with van der Waals surface area (Å²) in [5, 5.41) is 0.333. The van der Waals surface area contributed by atoms with E-state index in [4.69, 9.17) is 6.42 Å². The molecule has 0 unspecified atom stereocenters. The van der Waals surface area contributed by atoms with Crippen LogP contribution in [0.3, 0.4) is 0 Å². The van der Waals surface area contributed by atoms with Gasteiger partial charge in [0.25, 0.3) is 0 Å². The van der Waals surface area contributed by atoms with Crippen molar-refractivity contribution in [3.8, 4) is 12.3 Å². The Bertz CT molecular complexity index is 1070. The molecule has 1 aromatic heterocycles. The highest BCUT2D eigenvalue weighted by Crippen LogP contribution is 2.20. The molecule has 3 rings (SSSR count). The second kappa shape index (κ2) is 5.75. The second-order valence-electron chi connectivity index (χ2n) is 4.99. The van der Waals surface area contributed by atoms with Crippen molar-refractivity contribution in [2.45, 2.75) is 16.3 Å². The molecule has 23 heavy (non-hydrogen) atoms. The zero-order valence-electron chi connectivity index (χ0n) is 12.1. The van der Waals surface area contributed by atoms with Crippen molar-refractivity contribution in [3.05, 3.63) is 71.0 Å². The molecule has 0 aliphatic carbocycles. The van der Waals surface area contributed by atoms with Gasteiger partial charge in [-0.15, -0.1) is 6.42 Å². The first kappa shape index (κ1) is 15.1. The van der Waals surface area contributed by atoms with Crippen molar-refractivity contribution in [2.75, 3.05) is 0 Å². The highest BCUT2D eigenvalue weighted by Gasteiger charge is 2.23. The minimum atomic E-state index is -3.90. The molecular weight excluding hydrogens is 310 g/mol. The van der Waals surface area contributed by atoms with E-state index in [0.717, 1.165) is 0 Å². The number of sulfone groups is 1. The summed E-state index contributed by atoms with van der Waals surface area (Å²) < 4.78 is 27.2. The molecule has 2 aromatic carbocycles. The van der Waals surface area contributed by atoms with Gasteiger partial charge in [-0.05, 0) is 24.3 Å². The van der Waals surface area contributed by atoms with E-state index in [1.165, 1.54) is 18.3 Å². The van der Waals surface area contributed by atoms with Crippen LogP contribution >= 0.6 is 0 Å². The van der Waals surface area contributed by atoms with E-state index >= 15 is 0 Å². The molecule has 0 spiro atoms. The maximum atomic E-state index is 12.8. The van der Waals surface area contributed by atoms with Crippen LogP contribution in [0.15, 0.2) is 75.4 Å². The van der Waals surface area contributed by atoms with Gasteiger partial charge in [0.1, 0.15) is 4.90 Å². The molecule has 0 aliphatic heterocycles. The number of aromatic nitrogens is 1. The van der Waals surface area contributed by atoms with Gasteiger partial charge >= 0.3 is 0 Å². The average molecular weight is 323 g/mol. The zero-order chi connectivity index (χ0) is 16.4. The van der Waals surface area contributed by atoms with Gasteiger partial charge in [-0.1, -0.05) is 36.3 Å². The number of nitrogens with zero attached hydrogens (tertiary/aromatic N) is 1. The Morgan fingerprint density at radius 2 is 1.65 bits per heavy atom. The molecule has 0 bridgehead atoms. The minimum Gasteiger partial charge on any atom is -0.334 e. The monoisotopic (exact) mass is 323 g/mol.